The smallest absolute Gasteiger partial charge is 0.236 e. The first-order valence-corrected chi connectivity index (χ1v) is 6.66. The number of hydrogen-bond acceptors (Lipinski definition) is 4. The largest absolute Gasteiger partial charge is 0.393 e. The summed E-state index contributed by atoms with van der Waals surface area (Å²) in [6.07, 6.45) is 0.498. The second kappa shape index (κ2) is 8.82. The Morgan fingerprint density at radius 2 is 1.79 bits per heavy atom. The van der Waals surface area contributed by atoms with Gasteiger partial charge in [-0.05, 0) is 5.92 Å². The third-order valence-corrected chi connectivity index (χ3v) is 2.69. The predicted octanol–water partition coefficient (Wildman–Crippen LogP) is -0.436. The molecule has 0 fully saturated rings. The van der Waals surface area contributed by atoms with Gasteiger partial charge in [-0.1, -0.05) is 26.1 Å². The average Bonchev–Trinajstić information content (AvgIpc) is 2.23. The third-order valence-electron chi connectivity index (χ3n) is 2.48. The summed E-state index contributed by atoms with van der Waals surface area (Å²) < 4.78 is 0. The minimum absolute atomic E-state index is 0.0712. The van der Waals surface area contributed by atoms with Crippen LogP contribution in [-0.2, 0) is 9.59 Å². The lowest BCUT2D eigenvalue weighted by molar-refractivity contribution is -0.131. The van der Waals surface area contributed by atoms with Crippen molar-refractivity contribution in [3.8, 4) is 0 Å². The van der Waals surface area contributed by atoms with E-state index in [4.69, 9.17) is 23.7 Å². The molecule has 0 heterocycles. The zero-order valence-corrected chi connectivity index (χ0v) is 12.7. The normalized spacial score (nSPS) is 10.8. The van der Waals surface area contributed by atoms with Crippen LogP contribution < -0.4 is 11.5 Å². The molecule has 0 aromatic heterocycles. The first-order chi connectivity index (χ1) is 8.72. The highest BCUT2D eigenvalue weighted by atomic mass is 32.1. The zero-order valence-electron chi connectivity index (χ0n) is 11.9. The van der Waals surface area contributed by atoms with Crippen molar-refractivity contribution in [2.24, 2.45) is 17.4 Å². The Morgan fingerprint density at radius 1 is 1.21 bits per heavy atom. The average molecular weight is 288 g/mol. The fourth-order valence-corrected chi connectivity index (χ4v) is 1.73. The second-order valence-electron chi connectivity index (χ2n) is 5.06. The quantitative estimate of drug-likeness (QED) is 0.561. The molecule has 0 saturated heterocycles. The lowest BCUT2D eigenvalue weighted by Crippen LogP contribution is -2.44. The highest BCUT2D eigenvalue weighted by Gasteiger charge is 2.17. The van der Waals surface area contributed by atoms with Crippen LogP contribution in [0.1, 0.15) is 20.3 Å². The fraction of sp³-hybridized carbons (Fsp3) is 0.750. The lowest BCUT2D eigenvalue weighted by Gasteiger charge is -2.25. The van der Waals surface area contributed by atoms with E-state index >= 15 is 0 Å². The van der Waals surface area contributed by atoms with Gasteiger partial charge in [-0.15, -0.1) is 0 Å². The first kappa shape index (κ1) is 17.8. The maximum Gasteiger partial charge on any atom is 0.236 e. The zero-order chi connectivity index (χ0) is 15.0. The Labute approximate surface area is 120 Å². The monoisotopic (exact) mass is 288 g/mol. The molecule has 0 bridgehead atoms. The van der Waals surface area contributed by atoms with E-state index in [1.807, 2.05) is 13.8 Å². The van der Waals surface area contributed by atoms with Gasteiger partial charge in [0.2, 0.25) is 11.8 Å². The van der Waals surface area contributed by atoms with Crippen molar-refractivity contribution in [2.75, 3.05) is 33.2 Å². The van der Waals surface area contributed by atoms with Crippen LogP contribution >= 0.6 is 12.2 Å². The molecule has 0 unspecified atom stereocenters. The molecule has 19 heavy (non-hydrogen) atoms. The Balaban J connectivity index is 4.35. The van der Waals surface area contributed by atoms with Gasteiger partial charge < -0.3 is 16.4 Å². The molecule has 0 atom stereocenters. The number of carbonyl (C=O) groups is 2. The van der Waals surface area contributed by atoms with Crippen molar-refractivity contribution in [3.63, 3.8) is 0 Å². The van der Waals surface area contributed by atoms with Crippen molar-refractivity contribution >= 4 is 29.0 Å². The van der Waals surface area contributed by atoms with E-state index in [0.717, 1.165) is 0 Å². The molecule has 0 aliphatic rings. The molecule has 0 spiro atoms. The SMILES string of the molecule is CC(C)CN(CC(N)=O)CC(=O)N(C)CCC(N)=S. The summed E-state index contributed by atoms with van der Waals surface area (Å²) in [7, 11) is 1.69. The Morgan fingerprint density at radius 3 is 2.21 bits per heavy atom. The van der Waals surface area contributed by atoms with Gasteiger partial charge in [-0.25, -0.2) is 0 Å². The number of rotatable bonds is 9. The van der Waals surface area contributed by atoms with Crippen molar-refractivity contribution < 1.29 is 9.59 Å². The van der Waals surface area contributed by atoms with Crippen LogP contribution in [0.4, 0.5) is 0 Å². The van der Waals surface area contributed by atoms with E-state index in [9.17, 15) is 9.59 Å². The van der Waals surface area contributed by atoms with Crippen LogP contribution in [0.25, 0.3) is 0 Å². The molecule has 2 amide bonds. The summed E-state index contributed by atoms with van der Waals surface area (Å²) in [5.41, 5.74) is 10.6. The molecule has 0 saturated carbocycles. The van der Waals surface area contributed by atoms with E-state index < -0.39 is 5.91 Å². The topological polar surface area (TPSA) is 92.7 Å². The fourth-order valence-electron chi connectivity index (χ4n) is 1.64. The van der Waals surface area contributed by atoms with Gasteiger partial charge in [0.15, 0.2) is 0 Å². The predicted molar refractivity (Wildman–Crippen MR) is 79.5 cm³/mol. The minimum atomic E-state index is -0.431. The second-order valence-corrected chi connectivity index (χ2v) is 5.59. The van der Waals surface area contributed by atoms with Gasteiger partial charge in [0, 0.05) is 26.6 Å². The summed E-state index contributed by atoms with van der Waals surface area (Å²) in [5, 5.41) is 0. The molecule has 6 nitrogen and oxygen atoms in total. The van der Waals surface area contributed by atoms with Crippen LogP contribution in [0.15, 0.2) is 0 Å². The molecular weight excluding hydrogens is 264 g/mol. The molecule has 7 heteroatoms. The molecule has 0 aliphatic carbocycles. The van der Waals surface area contributed by atoms with Crippen molar-refractivity contribution in [1.29, 1.82) is 0 Å². The van der Waals surface area contributed by atoms with Crippen LogP contribution in [0, 0.1) is 5.92 Å². The van der Waals surface area contributed by atoms with Crippen LogP contribution in [0.2, 0.25) is 0 Å². The van der Waals surface area contributed by atoms with Crippen LogP contribution in [0.3, 0.4) is 0 Å². The van der Waals surface area contributed by atoms with Gasteiger partial charge in [-0.3, -0.25) is 14.5 Å². The van der Waals surface area contributed by atoms with Gasteiger partial charge >= 0.3 is 0 Å². The lowest BCUT2D eigenvalue weighted by atomic mass is 10.2. The number of hydrogen-bond donors (Lipinski definition) is 2. The summed E-state index contributed by atoms with van der Waals surface area (Å²) in [6.45, 7) is 5.45. The number of likely N-dealkylation sites (N-methyl/N-ethyl adjacent to an activating group) is 1. The summed E-state index contributed by atoms with van der Waals surface area (Å²) >= 11 is 4.77. The Kier molecular flexibility index (Phi) is 8.26. The number of nitrogens with zero attached hydrogens (tertiary/aromatic N) is 2. The van der Waals surface area contributed by atoms with Crippen LogP contribution in [-0.4, -0.2) is 59.8 Å². The van der Waals surface area contributed by atoms with E-state index in [0.29, 0.717) is 30.4 Å². The van der Waals surface area contributed by atoms with Crippen LogP contribution in [0.5, 0.6) is 0 Å². The maximum absolute atomic E-state index is 12.0. The minimum Gasteiger partial charge on any atom is -0.393 e. The number of amides is 2. The molecule has 0 rings (SSSR count). The van der Waals surface area contributed by atoms with Gasteiger partial charge in [-0.2, -0.15) is 0 Å². The van der Waals surface area contributed by atoms with Crippen molar-refractivity contribution in [2.45, 2.75) is 20.3 Å². The summed E-state index contributed by atoms with van der Waals surface area (Å²) in [4.78, 5) is 26.7. The Hall–Kier alpha value is -1.21. The molecular formula is C12H24N4O2S. The Bertz CT molecular complexity index is 334. The number of thiocarbonyl (C=S) groups is 1. The maximum atomic E-state index is 12.0. The molecule has 0 aromatic rings. The van der Waals surface area contributed by atoms with E-state index in [2.05, 4.69) is 0 Å². The highest BCUT2D eigenvalue weighted by Crippen LogP contribution is 2.00. The summed E-state index contributed by atoms with van der Waals surface area (Å²) in [6, 6.07) is 0. The van der Waals surface area contributed by atoms with Gasteiger partial charge in [0.1, 0.15) is 0 Å². The molecule has 4 N–H and O–H groups in total. The van der Waals surface area contributed by atoms with E-state index in [-0.39, 0.29) is 19.0 Å². The molecule has 0 aliphatic heterocycles. The molecule has 0 radical (unpaired) electrons. The standard InChI is InChI=1S/C12H24N4O2S/c1-9(2)6-16(7-10(13)17)8-12(18)15(3)5-4-11(14)19/h9H,4-8H2,1-3H3,(H2,13,17)(H2,14,19). The van der Waals surface area contributed by atoms with Crippen molar-refractivity contribution in [1.82, 2.24) is 9.80 Å². The van der Waals surface area contributed by atoms with E-state index in [1.165, 1.54) is 0 Å². The number of nitrogens with two attached hydrogens (primary N) is 2. The first-order valence-electron chi connectivity index (χ1n) is 6.25. The van der Waals surface area contributed by atoms with Crippen molar-refractivity contribution in [3.05, 3.63) is 0 Å². The summed E-state index contributed by atoms with van der Waals surface area (Å²) in [5.74, 6) is -0.147. The van der Waals surface area contributed by atoms with Gasteiger partial charge in [0.25, 0.3) is 0 Å². The third kappa shape index (κ3) is 9.38. The molecule has 0 aromatic carbocycles. The number of primary amides is 1. The molecule has 110 valence electrons. The number of carbonyl (C=O) groups excluding carboxylic acids is 2. The highest BCUT2D eigenvalue weighted by molar-refractivity contribution is 7.80. The van der Waals surface area contributed by atoms with Gasteiger partial charge in [0.05, 0.1) is 18.1 Å². The van der Waals surface area contributed by atoms with E-state index in [1.54, 1.807) is 16.8 Å².